The molecular formula is C11H19N3O3S. The summed E-state index contributed by atoms with van der Waals surface area (Å²) in [5.74, 6) is 0. The summed E-state index contributed by atoms with van der Waals surface area (Å²) in [5.41, 5.74) is 1.94. The van der Waals surface area contributed by atoms with Crippen LogP contribution in [0, 0.1) is 13.8 Å². The van der Waals surface area contributed by atoms with Gasteiger partial charge in [0, 0.05) is 25.9 Å². The summed E-state index contributed by atoms with van der Waals surface area (Å²) in [6.07, 6.45) is 0.405. The summed E-state index contributed by atoms with van der Waals surface area (Å²) in [5, 5.41) is 8.69. The van der Waals surface area contributed by atoms with E-state index in [4.69, 9.17) is 5.11 Å². The van der Waals surface area contributed by atoms with Crippen LogP contribution in [0.5, 0.6) is 0 Å². The molecule has 18 heavy (non-hydrogen) atoms. The highest BCUT2D eigenvalue weighted by atomic mass is 32.2. The summed E-state index contributed by atoms with van der Waals surface area (Å²) in [7, 11) is -2.12. The fraction of sp³-hybridized carbons (Fsp3) is 0.545. The van der Waals surface area contributed by atoms with Crippen molar-refractivity contribution in [2.45, 2.75) is 20.3 Å². The number of aryl methyl sites for hydroxylation is 2. The van der Waals surface area contributed by atoms with E-state index in [9.17, 15) is 8.42 Å². The summed E-state index contributed by atoms with van der Waals surface area (Å²) in [4.78, 5) is 4.19. The quantitative estimate of drug-likeness (QED) is 0.798. The Bertz CT molecular complexity index is 502. The largest absolute Gasteiger partial charge is 0.396 e. The van der Waals surface area contributed by atoms with Crippen LogP contribution >= 0.6 is 0 Å². The van der Waals surface area contributed by atoms with Gasteiger partial charge < -0.3 is 5.11 Å². The maximum atomic E-state index is 11.9. The van der Waals surface area contributed by atoms with E-state index >= 15 is 0 Å². The predicted octanol–water partition coefficient (Wildman–Crippen LogP) is 0.669. The third-order valence-corrected chi connectivity index (χ3v) is 3.99. The van der Waals surface area contributed by atoms with E-state index in [1.54, 1.807) is 19.1 Å². The molecule has 0 atom stereocenters. The van der Waals surface area contributed by atoms with Crippen LogP contribution in [0.15, 0.2) is 12.1 Å². The molecule has 0 bridgehead atoms. The van der Waals surface area contributed by atoms with E-state index in [0.717, 1.165) is 5.69 Å². The summed E-state index contributed by atoms with van der Waals surface area (Å²) in [6.45, 7) is 3.83. The number of aromatic nitrogens is 1. The van der Waals surface area contributed by atoms with Crippen molar-refractivity contribution in [3.05, 3.63) is 23.5 Å². The number of aliphatic hydroxyl groups excluding tert-OH is 1. The Morgan fingerprint density at radius 2 is 2.06 bits per heavy atom. The van der Waals surface area contributed by atoms with Gasteiger partial charge in [-0.2, -0.15) is 12.7 Å². The van der Waals surface area contributed by atoms with E-state index in [1.165, 1.54) is 11.4 Å². The molecule has 0 amide bonds. The summed E-state index contributed by atoms with van der Waals surface area (Å²) >= 11 is 0. The molecule has 2 N–H and O–H groups in total. The smallest absolute Gasteiger partial charge is 0.301 e. The standard InChI is InChI=1S/C11H19N3O3S/c1-9-5-6-11(10(2)12-9)13-18(16,17)14(3)7-4-8-15/h5-6,13,15H,4,7-8H2,1-3H3. The van der Waals surface area contributed by atoms with Crippen LogP contribution in [0.25, 0.3) is 0 Å². The molecule has 0 saturated carbocycles. The van der Waals surface area contributed by atoms with Gasteiger partial charge in [-0.1, -0.05) is 0 Å². The maximum Gasteiger partial charge on any atom is 0.301 e. The zero-order chi connectivity index (χ0) is 13.8. The number of aliphatic hydroxyl groups is 1. The molecule has 6 nitrogen and oxygen atoms in total. The number of nitrogens with one attached hydrogen (secondary N) is 1. The van der Waals surface area contributed by atoms with Crippen LogP contribution < -0.4 is 4.72 Å². The van der Waals surface area contributed by atoms with E-state index < -0.39 is 10.2 Å². The van der Waals surface area contributed by atoms with E-state index in [-0.39, 0.29) is 13.2 Å². The molecule has 1 rings (SSSR count). The van der Waals surface area contributed by atoms with Crippen LogP contribution in [0.2, 0.25) is 0 Å². The van der Waals surface area contributed by atoms with Crippen molar-refractivity contribution >= 4 is 15.9 Å². The third kappa shape index (κ3) is 3.94. The van der Waals surface area contributed by atoms with Crippen LogP contribution in [0.3, 0.4) is 0 Å². The number of nitrogens with zero attached hydrogens (tertiary/aromatic N) is 2. The van der Waals surface area contributed by atoms with Crippen molar-refractivity contribution in [2.24, 2.45) is 0 Å². The van der Waals surface area contributed by atoms with Crippen molar-refractivity contribution in [1.82, 2.24) is 9.29 Å². The third-order valence-electron chi connectivity index (χ3n) is 2.51. The fourth-order valence-corrected chi connectivity index (χ4v) is 2.44. The molecule has 0 spiro atoms. The average molecular weight is 273 g/mol. The van der Waals surface area contributed by atoms with Gasteiger partial charge in [-0.3, -0.25) is 9.71 Å². The summed E-state index contributed by atoms with van der Waals surface area (Å²) < 4.78 is 27.5. The molecule has 1 aromatic rings. The first-order valence-corrected chi connectivity index (χ1v) is 7.10. The highest BCUT2D eigenvalue weighted by molar-refractivity contribution is 7.90. The molecule has 0 fully saturated rings. The molecule has 0 aliphatic carbocycles. The lowest BCUT2D eigenvalue weighted by Gasteiger charge is -2.18. The fourth-order valence-electron chi connectivity index (χ4n) is 1.42. The molecule has 0 aliphatic heterocycles. The number of anilines is 1. The monoisotopic (exact) mass is 273 g/mol. The Morgan fingerprint density at radius 1 is 1.39 bits per heavy atom. The molecule has 0 radical (unpaired) electrons. The van der Waals surface area contributed by atoms with Gasteiger partial charge in [-0.25, -0.2) is 0 Å². The highest BCUT2D eigenvalue weighted by Gasteiger charge is 2.18. The Morgan fingerprint density at radius 3 is 2.61 bits per heavy atom. The molecule has 102 valence electrons. The van der Waals surface area contributed by atoms with Gasteiger partial charge in [0.25, 0.3) is 0 Å². The molecule has 0 unspecified atom stereocenters. The van der Waals surface area contributed by atoms with Crippen molar-refractivity contribution < 1.29 is 13.5 Å². The Balaban J connectivity index is 2.82. The second-order valence-electron chi connectivity index (χ2n) is 4.09. The van der Waals surface area contributed by atoms with Gasteiger partial charge >= 0.3 is 10.2 Å². The SMILES string of the molecule is Cc1ccc(NS(=O)(=O)N(C)CCCO)c(C)n1. The lowest BCUT2D eigenvalue weighted by atomic mass is 10.3. The number of rotatable bonds is 6. The van der Waals surface area contributed by atoms with Crippen LogP contribution in [-0.4, -0.2) is 43.0 Å². The molecule has 1 aromatic heterocycles. The Hall–Kier alpha value is -1.18. The minimum atomic E-state index is -3.59. The van der Waals surface area contributed by atoms with Gasteiger partial charge in [0.15, 0.2) is 0 Å². The lowest BCUT2D eigenvalue weighted by Crippen LogP contribution is -2.33. The number of pyridine rings is 1. The normalized spacial score (nSPS) is 11.8. The first-order chi connectivity index (χ1) is 8.36. The molecule has 0 saturated heterocycles. The van der Waals surface area contributed by atoms with Crippen molar-refractivity contribution in [2.75, 3.05) is 24.9 Å². The second-order valence-corrected chi connectivity index (χ2v) is 5.87. The van der Waals surface area contributed by atoms with Crippen molar-refractivity contribution in [1.29, 1.82) is 0 Å². The number of hydrogen-bond donors (Lipinski definition) is 2. The zero-order valence-electron chi connectivity index (χ0n) is 10.8. The summed E-state index contributed by atoms with van der Waals surface area (Å²) in [6, 6.07) is 3.44. The van der Waals surface area contributed by atoms with Gasteiger partial charge in [-0.15, -0.1) is 0 Å². The number of hydrogen-bond acceptors (Lipinski definition) is 4. The zero-order valence-corrected chi connectivity index (χ0v) is 11.7. The second kappa shape index (κ2) is 6.12. The van der Waals surface area contributed by atoms with E-state index in [0.29, 0.717) is 17.8 Å². The molecule has 1 heterocycles. The average Bonchev–Trinajstić information content (AvgIpc) is 2.29. The molecule has 7 heteroatoms. The van der Waals surface area contributed by atoms with Crippen LogP contribution in [0.1, 0.15) is 17.8 Å². The molecule has 0 aromatic carbocycles. The highest BCUT2D eigenvalue weighted by Crippen LogP contribution is 2.15. The van der Waals surface area contributed by atoms with Crippen LogP contribution in [0.4, 0.5) is 5.69 Å². The minimum Gasteiger partial charge on any atom is -0.396 e. The lowest BCUT2D eigenvalue weighted by molar-refractivity contribution is 0.276. The first kappa shape index (κ1) is 14.9. The van der Waals surface area contributed by atoms with E-state index in [1.807, 2.05) is 6.92 Å². The van der Waals surface area contributed by atoms with E-state index in [2.05, 4.69) is 9.71 Å². The van der Waals surface area contributed by atoms with Gasteiger partial charge in [0.1, 0.15) is 0 Å². The Kier molecular flexibility index (Phi) is 5.06. The molecule has 0 aliphatic rings. The van der Waals surface area contributed by atoms with Crippen molar-refractivity contribution in [3.63, 3.8) is 0 Å². The minimum absolute atomic E-state index is 0.0367. The van der Waals surface area contributed by atoms with Gasteiger partial charge in [0.05, 0.1) is 11.4 Å². The van der Waals surface area contributed by atoms with Crippen LogP contribution in [-0.2, 0) is 10.2 Å². The Labute approximate surface area is 108 Å². The van der Waals surface area contributed by atoms with Crippen molar-refractivity contribution in [3.8, 4) is 0 Å². The molecular weight excluding hydrogens is 254 g/mol. The maximum absolute atomic E-state index is 11.9. The van der Waals surface area contributed by atoms with Gasteiger partial charge in [-0.05, 0) is 32.4 Å². The first-order valence-electron chi connectivity index (χ1n) is 5.66. The topological polar surface area (TPSA) is 82.5 Å². The predicted molar refractivity (Wildman–Crippen MR) is 70.6 cm³/mol. The van der Waals surface area contributed by atoms with Gasteiger partial charge in [0.2, 0.25) is 0 Å².